The van der Waals surface area contributed by atoms with Gasteiger partial charge >= 0.3 is 0 Å². The summed E-state index contributed by atoms with van der Waals surface area (Å²) in [5.74, 6) is 1.87. The second-order valence-electron chi connectivity index (χ2n) is 4.76. The highest BCUT2D eigenvalue weighted by Crippen LogP contribution is 2.24. The first-order chi connectivity index (χ1) is 7.08. The molecule has 1 aliphatic heterocycles. The third-order valence-corrected chi connectivity index (χ3v) is 3.88. The number of nitrogens with one attached hydrogen (secondary N) is 2. The molecule has 0 aromatic carbocycles. The van der Waals surface area contributed by atoms with Gasteiger partial charge in [0.1, 0.15) is 0 Å². The third-order valence-electron chi connectivity index (χ3n) is 2.98. The van der Waals surface area contributed by atoms with E-state index in [9.17, 15) is 4.79 Å². The average molecular weight is 230 g/mol. The molecule has 2 N–H and O–H groups in total. The molecule has 15 heavy (non-hydrogen) atoms. The predicted molar refractivity (Wildman–Crippen MR) is 66.1 cm³/mol. The molecule has 1 aliphatic rings. The molecule has 1 heterocycles. The van der Waals surface area contributed by atoms with Crippen LogP contribution in [-0.4, -0.2) is 37.6 Å². The molecule has 2 unspecified atom stereocenters. The molecule has 88 valence electrons. The molecule has 2 atom stereocenters. The van der Waals surface area contributed by atoms with E-state index in [-0.39, 0.29) is 11.3 Å². The first kappa shape index (κ1) is 12.8. The van der Waals surface area contributed by atoms with Gasteiger partial charge in [-0.25, -0.2) is 0 Å². The smallest absolute Gasteiger partial charge is 0.227 e. The van der Waals surface area contributed by atoms with Crippen LogP contribution in [0.3, 0.4) is 0 Å². The summed E-state index contributed by atoms with van der Waals surface area (Å²) in [6.45, 7) is 6.79. The maximum Gasteiger partial charge on any atom is 0.227 e. The Morgan fingerprint density at radius 2 is 2.40 bits per heavy atom. The van der Waals surface area contributed by atoms with Crippen molar-refractivity contribution >= 4 is 17.7 Å². The number of hydrogen-bond acceptors (Lipinski definition) is 3. The molecule has 0 spiro atoms. The van der Waals surface area contributed by atoms with E-state index in [1.807, 2.05) is 18.7 Å². The minimum atomic E-state index is -0.181. The Hall–Kier alpha value is -0.220. The van der Waals surface area contributed by atoms with Crippen LogP contribution in [-0.2, 0) is 4.79 Å². The number of thioether (sulfide) groups is 1. The zero-order valence-corrected chi connectivity index (χ0v) is 10.7. The molecule has 0 radical (unpaired) electrons. The van der Waals surface area contributed by atoms with E-state index in [2.05, 4.69) is 23.8 Å². The number of carbonyl (C=O) groups excluding carboxylic acids is 1. The van der Waals surface area contributed by atoms with Gasteiger partial charge in [0.05, 0.1) is 5.41 Å². The Kier molecular flexibility index (Phi) is 4.93. The average Bonchev–Trinajstić information content (AvgIpc) is 2.63. The van der Waals surface area contributed by atoms with Crippen LogP contribution < -0.4 is 10.6 Å². The van der Waals surface area contributed by atoms with Gasteiger partial charge in [-0.3, -0.25) is 4.79 Å². The van der Waals surface area contributed by atoms with Crippen molar-refractivity contribution in [1.29, 1.82) is 0 Å². The van der Waals surface area contributed by atoms with Crippen molar-refractivity contribution in [3.8, 4) is 0 Å². The van der Waals surface area contributed by atoms with E-state index < -0.39 is 0 Å². The summed E-state index contributed by atoms with van der Waals surface area (Å²) in [7, 11) is 0. The molecule has 1 amide bonds. The van der Waals surface area contributed by atoms with E-state index in [4.69, 9.17) is 0 Å². The van der Waals surface area contributed by atoms with Crippen molar-refractivity contribution in [2.45, 2.75) is 20.3 Å². The van der Waals surface area contributed by atoms with Crippen LogP contribution in [0.5, 0.6) is 0 Å². The number of amides is 1. The lowest BCUT2D eigenvalue weighted by Crippen LogP contribution is -2.42. The molecule has 3 nitrogen and oxygen atoms in total. The second kappa shape index (κ2) is 5.75. The van der Waals surface area contributed by atoms with Gasteiger partial charge in [-0.15, -0.1) is 0 Å². The highest BCUT2D eigenvalue weighted by atomic mass is 32.2. The lowest BCUT2D eigenvalue weighted by molar-refractivity contribution is -0.129. The highest BCUT2D eigenvalue weighted by Gasteiger charge is 2.35. The van der Waals surface area contributed by atoms with Crippen LogP contribution in [0.15, 0.2) is 0 Å². The first-order valence-electron chi connectivity index (χ1n) is 5.56. The van der Waals surface area contributed by atoms with Gasteiger partial charge in [-0.1, -0.05) is 6.92 Å². The topological polar surface area (TPSA) is 41.1 Å². The summed E-state index contributed by atoms with van der Waals surface area (Å²) in [4.78, 5) is 11.9. The monoisotopic (exact) mass is 230 g/mol. The molecule has 1 fully saturated rings. The highest BCUT2D eigenvalue weighted by molar-refractivity contribution is 7.98. The van der Waals surface area contributed by atoms with Crippen LogP contribution >= 0.6 is 11.8 Å². The molecule has 0 aliphatic carbocycles. The fourth-order valence-electron chi connectivity index (χ4n) is 1.83. The predicted octanol–water partition coefficient (Wildman–Crippen LogP) is 1.10. The van der Waals surface area contributed by atoms with Crippen molar-refractivity contribution in [3.05, 3.63) is 0 Å². The van der Waals surface area contributed by atoms with Gasteiger partial charge in [-0.2, -0.15) is 11.8 Å². The second-order valence-corrected chi connectivity index (χ2v) is 5.67. The van der Waals surface area contributed by atoms with Crippen LogP contribution in [0.1, 0.15) is 20.3 Å². The standard InChI is InChI=1S/C11H22N2OS/c1-9(7-15-3)6-13-10(14)11(2)4-5-12-8-11/h9,12H,4-8H2,1-3H3,(H,13,14). The van der Waals surface area contributed by atoms with Gasteiger partial charge < -0.3 is 10.6 Å². The molecule has 1 saturated heterocycles. The van der Waals surface area contributed by atoms with Gasteiger partial charge in [0.2, 0.25) is 5.91 Å². The maximum atomic E-state index is 11.9. The summed E-state index contributed by atoms with van der Waals surface area (Å²) in [5.41, 5.74) is -0.181. The summed E-state index contributed by atoms with van der Waals surface area (Å²) in [5, 5.41) is 6.30. The van der Waals surface area contributed by atoms with Crippen molar-refractivity contribution in [2.24, 2.45) is 11.3 Å². The van der Waals surface area contributed by atoms with Gasteiger partial charge in [0.25, 0.3) is 0 Å². The zero-order valence-electron chi connectivity index (χ0n) is 9.93. The number of hydrogen-bond donors (Lipinski definition) is 2. The Labute approximate surface area is 96.8 Å². The zero-order chi connectivity index (χ0) is 11.3. The van der Waals surface area contributed by atoms with Crippen molar-refractivity contribution in [1.82, 2.24) is 10.6 Å². The molecule has 1 rings (SSSR count). The van der Waals surface area contributed by atoms with E-state index >= 15 is 0 Å². The van der Waals surface area contributed by atoms with Crippen molar-refractivity contribution in [3.63, 3.8) is 0 Å². The normalized spacial score (nSPS) is 27.7. The fraction of sp³-hybridized carbons (Fsp3) is 0.909. The molecule has 0 aromatic rings. The summed E-state index contributed by atoms with van der Waals surface area (Å²) >= 11 is 1.83. The lowest BCUT2D eigenvalue weighted by Gasteiger charge is -2.22. The SMILES string of the molecule is CSCC(C)CNC(=O)C1(C)CCNC1. The third kappa shape index (κ3) is 3.68. The fourth-order valence-corrected chi connectivity index (χ4v) is 2.52. The van der Waals surface area contributed by atoms with Crippen LogP contribution in [0, 0.1) is 11.3 Å². The number of carbonyl (C=O) groups is 1. The van der Waals surface area contributed by atoms with E-state index in [0.29, 0.717) is 5.92 Å². The van der Waals surface area contributed by atoms with E-state index in [1.54, 1.807) is 0 Å². The molecule has 4 heteroatoms. The maximum absolute atomic E-state index is 11.9. The Bertz CT molecular complexity index is 215. The van der Waals surface area contributed by atoms with Gasteiger partial charge in [-0.05, 0) is 37.8 Å². The van der Waals surface area contributed by atoms with Crippen LogP contribution in [0.4, 0.5) is 0 Å². The Morgan fingerprint density at radius 3 is 2.93 bits per heavy atom. The minimum Gasteiger partial charge on any atom is -0.355 e. The molecule has 0 aromatic heterocycles. The molecule has 0 saturated carbocycles. The molecule has 0 bridgehead atoms. The van der Waals surface area contributed by atoms with Gasteiger partial charge in [0, 0.05) is 13.1 Å². The quantitative estimate of drug-likeness (QED) is 0.743. The Morgan fingerprint density at radius 1 is 1.67 bits per heavy atom. The largest absolute Gasteiger partial charge is 0.355 e. The van der Waals surface area contributed by atoms with Crippen molar-refractivity contribution in [2.75, 3.05) is 31.6 Å². The summed E-state index contributed by atoms with van der Waals surface area (Å²) < 4.78 is 0. The van der Waals surface area contributed by atoms with E-state index in [1.165, 1.54) is 0 Å². The minimum absolute atomic E-state index is 0.181. The van der Waals surface area contributed by atoms with Crippen LogP contribution in [0.25, 0.3) is 0 Å². The number of rotatable bonds is 5. The van der Waals surface area contributed by atoms with Crippen LogP contribution in [0.2, 0.25) is 0 Å². The Balaban J connectivity index is 2.29. The summed E-state index contributed by atoms with van der Waals surface area (Å²) in [6.07, 6.45) is 3.05. The molecular weight excluding hydrogens is 208 g/mol. The first-order valence-corrected chi connectivity index (χ1v) is 6.96. The van der Waals surface area contributed by atoms with Crippen molar-refractivity contribution < 1.29 is 4.79 Å². The lowest BCUT2D eigenvalue weighted by atomic mass is 9.88. The van der Waals surface area contributed by atoms with Gasteiger partial charge in [0.15, 0.2) is 0 Å². The van der Waals surface area contributed by atoms with E-state index in [0.717, 1.165) is 31.8 Å². The summed E-state index contributed by atoms with van der Waals surface area (Å²) in [6, 6.07) is 0. The molecular formula is C11H22N2OS.